The van der Waals surface area contributed by atoms with Gasteiger partial charge in [0.25, 0.3) is 0 Å². The molecule has 154 valence electrons. The summed E-state index contributed by atoms with van der Waals surface area (Å²) in [5.74, 6) is 1.92. The van der Waals surface area contributed by atoms with Gasteiger partial charge in [-0.1, -0.05) is 0 Å². The number of Topliss-reactive ketones (excluding diaryl/α,β-unsaturated/α-hetero) is 1. The van der Waals surface area contributed by atoms with Crippen LogP contribution in [0.4, 0.5) is 0 Å². The Bertz CT molecular complexity index is 719. The number of benzene rings is 1. The normalized spacial score (nSPS) is 18.1. The SMILES string of the molecule is COc1ccc(C(=O)CCC(=O)N2CCN(C(C)(C)C3CC3)CC2)cc1OC. The number of hydrogen-bond acceptors (Lipinski definition) is 5. The van der Waals surface area contributed by atoms with Crippen molar-refractivity contribution in [2.75, 3.05) is 40.4 Å². The first-order valence-electron chi connectivity index (χ1n) is 10.1. The molecule has 1 saturated heterocycles. The molecular formula is C22H32N2O4. The zero-order chi connectivity index (χ0) is 20.3. The Morgan fingerprint density at radius 1 is 1.00 bits per heavy atom. The summed E-state index contributed by atoms with van der Waals surface area (Å²) >= 11 is 0. The Kier molecular flexibility index (Phi) is 6.28. The minimum Gasteiger partial charge on any atom is -0.493 e. The van der Waals surface area contributed by atoms with Crippen LogP contribution < -0.4 is 9.47 Å². The monoisotopic (exact) mass is 388 g/mol. The van der Waals surface area contributed by atoms with E-state index >= 15 is 0 Å². The van der Waals surface area contributed by atoms with Crippen LogP contribution in [0.15, 0.2) is 18.2 Å². The van der Waals surface area contributed by atoms with E-state index in [1.54, 1.807) is 32.4 Å². The van der Waals surface area contributed by atoms with Gasteiger partial charge in [0.15, 0.2) is 17.3 Å². The molecule has 1 saturated carbocycles. The van der Waals surface area contributed by atoms with Crippen molar-refractivity contribution in [3.63, 3.8) is 0 Å². The predicted molar refractivity (Wildman–Crippen MR) is 108 cm³/mol. The predicted octanol–water partition coefficient (Wildman–Crippen LogP) is 3.00. The topological polar surface area (TPSA) is 59.1 Å². The van der Waals surface area contributed by atoms with Crippen LogP contribution in [0.5, 0.6) is 11.5 Å². The second kappa shape index (κ2) is 8.52. The van der Waals surface area contributed by atoms with Crippen molar-refractivity contribution in [2.24, 2.45) is 5.92 Å². The molecule has 2 fully saturated rings. The summed E-state index contributed by atoms with van der Waals surface area (Å²) in [6.45, 7) is 7.98. The number of methoxy groups -OCH3 is 2. The maximum atomic E-state index is 12.6. The van der Waals surface area contributed by atoms with E-state index in [1.165, 1.54) is 12.8 Å². The van der Waals surface area contributed by atoms with Crippen molar-refractivity contribution in [1.82, 2.24) is 9.80 Å². The average molecular weight is 389 g/mol. The molecule has 1 aliphatic heterocycles. The number of ketones is 1. The van der Waals surface area contributed by atoms with Crippen LogP contribution in [0.2, 0.25) is 0 Å². The lowest BCUT2D eigenvalue weighted by atomic mass is 9.95. The van der Waals surface area contributed by atoms with Crippen LogP contribution in [0.1, 0.15) is 49.9 Å². The van der Waals surface area contributed by atoms with Gasteiger partial charge in [-0.05, 0) is 50.8 Å². The van der Waals surface area contributed by atoms with Gasteiger partial charge in [-0.25, -0.2) is 0 Å². The molecule has 6 nitrogen and oxygen atoms in total. The van der Waals surface area contributed by atoms with Gasteiger partial charge in [0.2, 0.25) is 5.91 Å². The van der Waals surface area contributed by atoms with E-state index in [-0.39, 0.29) is 30.1 Å². The van der Waals surface area contributed by atoms with Crippen molar-refractivity contribution in [3.8, 4) is 11.5 Å². The lowest BCUT2D eigenvalue weighted by Crippen LogP contribution is -2.56. The Morgan fingerprint density at radius 2 is 1.64 bits per heavy atom. The molecule has 0 atom stereocenters. The van der Waals surface area contributed by atoms with Crippen LogP contribution in [0.3, 0.4) is 0 Å². The van der Waals surface area contributed by atoms with Crippen molar-refractivity contribution in [2.45, 2.75) is 45.1 Å². The lowest BCUT2D eigenvalue weighted by Gasteiger charge is -2.44. The van der Waals surface area contributed by atoms with Crippen LogP contribution in [-0.2, 0) is 4.79 Å². The highest BCUT2D eigenvalue weighted by atomic mass is 16.5. The van der Waals surface area contributed by atoms with E-state index in [1.807, 2.05) is 4.90 Å². The van der Waals surface area contributed by atoms with Gasteiger partial charge >= 0.3 is 0 Å². The quantitative estimate of drug-likeness (QED) is 0.641. The van der Waals surface area contributed by atoms with Crippen LogP contribution in [-0.4, -0.2) is 67.4 Å². The van der Waals surface area contributed by atoms with Crippen molar-refractivity contribution < 1.29 is 19.1 Å². The van der Waals surface area contributed by atoms with Crippen LogP contribution in [0, 0.1) is 5.92 Å². The van der Waals surface area contributed by atoms with E-state index < -0.39 is 0 Å². The zero-order valence-corrected chi connectivity index (χ0v) is 17.5. The van der Waals surface area contributed by atoms with Gasteiger partial charge in [0, 0.05) is 50.1 Å². The summed E-state index contributed by atoms with van der Waals surface area (Å²) in [7, 11) is 3.10. The highest BCUT2D eigenvalue weighted by Gasteiger charge is 2.42. The van der Waals surface area contributed by atoms with Gasteiger partial charge in [-0.3, -0.25) is 14.5 Å². The van der Waals surface area contributed by atoms with E-state index in [9.17, 15) is 9.59 Å². The molecule has 1 aromatic rings. The fourth-order valence-electron chi connectivity index (χ4n) is 4.11. The number of rotatable bonds is 8. The second-order valence-corrected chi connectivity index (χ2v) is 8.29. The van der Waals surface area contributed by atoms with E-state index in [0.29, 0.717) is 17.1 Å². The molecule has 2 aliphatic rings. The van der Waals surface area contributed by atoms with Gasteiger partial charge in [-0.15, -0.1) is 0 Å². The fourth-order valence-corrected chi connectivity index (χ4v) is 4.11. The van der Waals surface area contributed by atoms with E-state index in [2.05, 4.69) is 18.7 Å². The van der Waals surface area contributed by atoms with Crippen molar-refractivity contribution in [1.29, 1.82) is 0 Å². The lowest BCUT2D eigenvalue weighted by molar-refractivity contribution is -0.133. The molecular weight excluding hydrogens is 356 g/mol. The Hall–Kier alpha value is -2.08. The number of amides is 1. The Labute approximate surface area is 167 Å². The number of hydrogen-bond donors (Lipinski definition) is 0. The van der Waals surface area contributed by atoms with Crippen molar-refractivity contribution in [3.05, 3.63) is 23.8 Å². The Morgan fingerprint density at radius 3 is 2.21 bits per heavy atom. The average Bonchev–Trinajstić information content (AvgIpc) is 3.57. The standard InChI is InChI=1S/C22H32N2O4/c1-22(2,17-6-7-17)24-13-11-23(12-14-24)21(26)10-8-18(25)16-5-9-19(27-3)20(15-16)28-4/h5,9,15,17H,6-8,10-14H2,1-4H3. The highest BCUT2D eigenvalue weighted by Crippen LogP contribution is 2.43. The summed E-state index contributed by atoms with van der Waals surface area (Å²) in [6.07, 6.45) is 3.11. The summed E-state index contributed by atoms with van der Waals surface area (Å²) in [5.41, 5.74) is 0.778. The van der Waals surface area contributed by atoms with Gasteiger partial charge in [0.05, 0.1) is 14.2 Å². The molecule has 3 rings (SSSR count). The number of carbonyl (C=O) groups excluding carboxylic acids is 2. The molecule has 1 heterocycles. The summed E-state index contributed by atoms with van der Waals surface area (Å²) in [5, 5.41) is 0. The minimum atomic E-state index is -0.0530. The molecule has 28 heavy (non-hydrogen) atoms. The molecule has 0 N–H and O–H groups in total. The molecule has 0 radical (unpaired) electrons. The van der Waals surface area contributed by atoms with Gasteiger partial charge in [0.1, 0.15) is 0 Å². The largest absolute Gasteiger partial charge is 0.493 e. The summed E-state index contributed by atoms with van der Waals surface area (Å²) in [6, 6.07) is 5.10. The molecule has 0 aromatic heterocycles. The number of ether oxygens (including phenoxy) is 2. The van der Waals surface area contributed by atoms with E-state index in [4.69, 9.17) is 9.47 Å². The molecule has 1 aliphatic carbocycles. The first-order chi connectivity index (χ1) is 13.4. The van der Waals surface area contributed by atoms with Crippen LogP contribution in [0.25, 0.3) is 0 Å². The molecule has 1 amide bonds. The third-order valence-corrected chi connectivity index (χ3v) is 6.30. The Balaban J connectivity index is 1.48. The minimum absolute atomic E-state index is 0.0530. The second-order valence-electron chi connectivity index (χ2n) is 8.29. The molecule has 0 spiro atoms. The first-order valence-corrected chi connectivity index (χ1v) is 10.1. The zero-order valence-electron chi connectivity index (χ0n) is 17.5. The number of nitrogens with zero attached hydrogens (tertiary/aromatic N) is 2. The highest BCUT2D eigenvalue weighted by molar-refractivity contribution is 5.98. The van der Waals surface area contributed by atoms with Crippen molar-refractivity contribution >= 4 is 11.7 Å². The van der Waals surface area contributed by atoms with E-state index in [0.717, 1.165) is 32.1 Å². The summed E-state index contributed by atoms with van der Waals surface area (Å²) in [4.78, 5) is 29.5. The molecule has 0 unspecified atom stereocenters. The maximum absolute atomic E-state index is 12.6. The van der Waals surface area contributed by atoms with Gasteiger partial charge in [-0.2, -0.15) is 0 Å². The third-order valence-electron chi connectivity index (χ3n) is 6.30. The molecule has 1 aromatic carbocycles. The first kappa shape index (κ1) is 20.6. The van der Waals surface area contributed by atoms with Crippen LogP contribution >= 0.6 is 0 Å². The fraction of sp³-hybridized carbons (Fsp3) is 0.636. The molecule has 0 bridgehead atoms. The summed E-state index contributed by atoms with van der Waals surface area (Å²) < 4.78 is 10.4. The van der Waals surface area contributed by atoms with Gasteiger partial charge < -0.3 is 14.4 Å². The number of piperazine rings is 1. The third kappa shape index (κ3) is 4.49. The number of carbonyl (C=O) groups is 2. The smallest absolute Gasteiger partial charge is 0.223 e. The maximum Gasteiger partial charge on any atom is 0.223 e. The molecule has 6 heteroatoms.